The molecular formula is C15H20F2N2. The Balaban J connectivity index is 1.63. The summed E-state index contributed by atoms with van der Waals surface area (Å²) in [6, 6.07) is 8.57. The van der Waals surface area contributed by atoms with E-state index in [1.54, 1.807) is 18.2 Å². The van der Waals surface area contributed by atoms with Gasteiger partial charge in [0.05, 0.1) is 6.54 Å². The summed E-state index contributed by atoms with van der Waals surface area (Å²) in [4.78, 5) is 1.91. The van der Waals surface area contributed by atoms with Crippen molar-refractivity contribution in [2.45, 2.75) is 24.8 Å². The van der Waals surface area contributed by atoms with Gasteiger partial charge in [-0.15, -0.1) is 0 Å². The highest BCUT2D eigenvalue weighted by atomic mass is 19.3. The molecule has 3 rings (SSSR count). The van der Waals surface area contributed by atoms with Crippen LogP contribution in [0.4, 0.5) is 8.78 Å². The molecule has 1 aliphatic carbocycles. The maximum Gasteiger partial charge on any atom is 0.285 e. The molecule has 1 saturated heterocycles. The second-order valence-electron chi connectivity index (χ2n) is 5.70. The van der Waals surface area contributed by atoms with E-state index in [2.05, 4.69) is 5.32 Å². The number of halogens is 2. The van der Waals surface area contributed by atoms with Crippen molar-refractivity contribution in [3.8, 4) is 0 Å². The molecule has 1 N–H and O–H groups in total. The van der Waals surface area contributed by atoms with Gasteiger partial charge in [0.1, 0.15) is 0 Å². The molecule has 1 atom stereocenters. The molecule has 4 heteroatoms. The number of hydrogen-bond acceptors (Lipinski definition) is 2. The lowest BCUT2D eigenvalue weighted by molar-refractivity contribution is -0.0439. The largest absolute Gasteiger partial charge is 0.311 e. The van der Waals surface area contributed by atoms with Crippen molar-refractivity contribution in [2.75, 3.05) is 26.2 Å². The highest BCUT2D eigenvalue weighted by molar-refractivity contribution is 5.20. The fourth-order valence-corrected chi connectivity index (χ4v) is 2.85. The van der Waals surface area contributed by atoms with Gasteiger partial charge in [0, 0.05) is 31.2 Å². The van der Waals surface area contributed by atoms with Crippen LogP contribution in [0.25, 0.3) is 0 Å². The molecule has 104 valence electrons. The molecule has 1 unspecified atom stereocenters. The van der Waals surface area contributed by atoms with Crippen LogP contribution >= 0.6 is 0 Å². The van der Waals surface area contributed by atoms with Crippen LogP contribution in [0.15, 0.2) is 30.3 Å². The van der Waals surface area contributed by atoms with Gasteiger partial charge in [-0.2, -0.15) is 8.78 Å². The summed E-state index contributed by atoms with van der Waals surface area (Å²) in [5.41, 5.74) is 0.122. The molecule has 1 saturated carbocycles. The Morgan fingerprint density at radius 1 is 1.21 bits per heavy atom. The van der Waals surface area contributed by atoms with E-state index in [1.807, 2.05) is 4.90 Å². The second kappa shape index (κ2) is 5.17. The SMILES string of the molecule is FC(F)(CN1CCNC(C2CC2)C1)c1ccccc1. The molecule has 1 heterocycles. The van der Waals surface area contributed by atoms with Crippen LogP contribution in [0.3, 0.4) is 0 Å². The zero-order chi connectivity index (χ0) is 13.3. The van der Waals surface area contributed by atoms with Crippen LogP contribution in [0.2, 0.25) is 0 Å². The van der Waals surface area contributed by atoms with E-state index >= 15 is 0 Å². The van der Waals surface area contributed by atoms with Crippen LogP contribution in [0, 0.1) is 5.92 Å². The smallest absolute Gasteiger partial charge is 0.285 e. The third-order valence-corrected chi connectivity index (χ3v) is 4.10. The first-order valence-electron chi connectivity index (χ1n) is 7.04. The molecule has 1 aromatic rings. The summed E-state index contributed by atoms with van der Waals surface area (Å²) in [6.45, 7) is 2.13. The highest BCUT2D eigenvalue weighted by Crippen LogP contribution is 2.35. The van der Waals surface area contributed by atoms with Gasteiger partial charge in [0.25, 0.3) is 5.92 Å². The summed E-state index contributed by atoms with van der Waals surface area (Å²) in [5.74, 6) is -2.04. The van der Waals surface area contributed by atoms with Crippen LogP contribution in [0.5, 0.6) is 0 Å². The summed E-state index contributed by atoms with van der Waals surface area (Å²) in [5, 5.41) is 3.45. The molecule has 0 amide bonds. The molecule has 2 aliphatic rings. The molecule has 0 radical (unpaired) electrons. The van der Waals surface area contributed by atoms with E-state index in [4.69, 9.17) is 0 Å². The molecule has 0 bridgehead atoms. The van der Waals surface area contributed by atoms with Crippen molar-refractivity contribution in [1.29, 1.82) is 0 Å². The molecule has 1 aliphatic heterocycles. The standard InChI is InChI=1S/C15H20F2N2/c16-15(17,13-4-2-1-3-5-13)11-19-9-8-18-14(10-19)12-6-7-12/h1-5,12,14,18H,6-11H2. The van der Waals surface area contributed by atoms with Crippen LogP contribution in [-0.4, -0.2) is 37.1 Å². The number of hydrogen-bond donors (Lipinski definition) is 1. The molecule has 0 aromatic heterocycles. The monoisotopic (exact) mass is 266 g/mol. The van der Waals surface area contributed by atoms with Gasteiger partial charge in [0.15, 0.2) is 0 Å². The third kappa shape index (κ3) is 3.12. The predicted molar refractivity (Wildman–Crippen MR) is 71.3 cm³/mol. The van der Waals surface area contributed by atoms with E-state index in [-0.39, 0.29) is 12.1 Å². The van der Waals surface area contributed by atoms with E-state index in [0.29, 0.717) is 18.5 Å². The van der Waals surface area contributed by atoms with Crippen LogP contribution in [-0.2, 0) is 5.92 Å². The first-order chi connectivity index (χ1) is 9.15. The van der Waals surface area contributed by atoms with Crippen molar-refractivity contribution in [3.63, 3.8) is 0 Å². The minimum absolute atomic E-state index is 0.122. The van der Waals surface area contributed by atoms with Gasteiger partial charge in [-0.3, -0.25) is 4.90 Å². The van der Waals surface area contributed by atoms with Crippen molar-refractivity contribution in [1.82, 2.24) is 10.2 Å². The number of benzene rings is 1. The molecule has 1 aromatic carbocycles. The number of alkyl halides is 2. The lowest BCUT2D eigenvalue weighted by Gasteiger charge is -2.35. The average molecular weight is 266 g/mol. The van der Waals surface area contributed by atoms with Gasteiger partial charge in [-0.1, -0.05) is 30.3 Å². The predicted octanol–water partition coefficient (Wildman–Crippen LogP) is 2.46. The van der Waals surface area contributed by atoms with E-state index < -0.39 is 5.92 Å². The average Bonchev–Trinajstić information content (AvgIpc) is 3.24. The maximum atomic E-state index is 14.2. The summed E-state index contributed by atoms with van der Waals surface area (Å²) in [7, 11) is 0. The zero-order valence-corrected chi connectivity index (χ0v) is 11.0. The molecule has 2 fully saturated rings. The normalized spacial score (nSPS) is 25.5. The Morgan fingerprint density at radius 2 is 1.95 bits per heavy atom. The fourth-order valence-electron chi connectivity index (χ4n) is 2.85. The lowest BCUT2D eigenvalue weighted by Crippen LogP contribution is -2.53. The molecule has 19 heavy (non-hydrogen) atoms. The number of piperazine rings is 1. The highest BCUT2D eigenvalue weighted by Gasteiger charge is 2.38. The molecular weight excluding hydrogens is 246 g/mol. The van der Waals surface area contributed by atoms with Gasteiger partial charge >= 0.3 is 0 Å². The minimum Gasteiger partial charge on any atom is -0.311 e. The van der Waals surface area contributed by atoms with Crippen molar-refractivity contribution < 1.29 is 8.78 Å². The summed E-state index contributed by atoms with van der Waals surface area (Å²) in [6.07, 6.45) is 2.50. The first-order valence-corrected chi connectivity index (χ1v) is 7.04. The maximum absolute atomic E-state index is 14.2. The third-order valence-electron chi connectivity index (χ3n) is 4.10. The van der Waals surface area contributed by atoms with Gasteiger partial charge < -0.3 is 5.32 Å². The fraction of sp³-hybridized carbons (Fsp3) is 0.600. The van der Waals surface area contributed by atoms with Crippen LogP contribution in [0.1, 0.15) is 18.4 Å². The summed E-state index contributed by atoms with van der Waals surface area (Å²) >= 11 is 0. The Labute approximate surface area is 112 Å². The van der Waals surface area contributed by atoms with Gasteiger partial charge in [-0.05, 0) is 18.8 Å². The quantitative estimate of drug-likeness (QED) is 0.900. The number of nitrogens with zero attached hydrogens (tertiary/aromatic N) is 1. The minimum atomic E-state index is -2.76. The number of rotatable bonds is 4. The van der Waals surface area contributed by atoms with Crippen molar-refractivity contribution in [3.05, 3.63) is 35.9 Å². The number of nitrogens with one attached hydrogen (secondary N) is 1. The second-order valence-corrected chi connectivity index (χ2v) is 5.70. The Hall–Kier alpha value is -1.00. The van der Waals surface area contributed by atoms with Gasteiger partial charge in [0.2, 0.25) is 0 Å². The Bertz CT molecular complexity index is 417. The Kier molecular flexibility index (Phi) is 3.54. The lowest BCUT2D eigenvalue weighted by atomic mass is 10.1. The molecule has 0 spiro atoms. The van der Waals surface area contributed by atoms with Gasteiger partial charge in [-0.25, -0.2) is 0 Å². The van der Waals surface area contributed by atoms with Crippen molar-refractivity contribution >= 4 is 0 Å². The zero-order valence-electron chi connectivity index (χ0n) is 11.0. The first kappa shape index (κ1) is 13.0. The molecule has 2 nitrogen and oxygen atoms in total. The summed E-state index contributed by atoms with van der Waals surface area (Å²) < 4.78 is 28.4. The van der Waals surface area contributed by atoms with E-state index in [0.717, 1.165) is 13.1 Å². The Morgan fingerprint density at radius 3 is 2.63 bits per heavy atom. The van der Waals surface area contributed by atoms with Crippen LogP contribution < -0.4 is 5.32 Å². The van der Waals surface area contributed by atoms with Crippen molar-refractivity contribution in [2.24, 2.45) is 5.92 Å². The van der Waals surface area contributed by atoms with E-state index in [9.17, 15) is 8.78 Å². The van der Waals surface area contributed by atoms with E-state index in [1.165, 1.54) is 25.0 Å². The topological polar surface area (TPSA) is 15.3 Å².